The number of aromatic nitrogens is 3. The number of rotatable bonds is 4. The van der Waals surface area contributed by atoms with Crippen LogP contribution in [0.15, 0.2) is 17.8 Å². The van der Waals surface area contributed by atoms with Crippen LogP contribution in [0.3, 0.4) is 0 Å². The van der Waals surface area contributed by atoms with Crippen LogP contribution in [0.4, 0.5) is 11.6 Å². The summed E-state index contributed by atoms with van der Waals surface area (Å²) in [4.78, 5) is 30.3. The van der Waals surface area contributed by atoms with E-state index in [-0.39, 0.29) is 24.3 Å². The third-order valence-corrected chi connectivity index (χ3v) is 5.36. The summed E-state index contributed by atoms with van der Waals surface area (Å²) in [5.41, 5.74) is 1.73. The number of piperidine rings is 1. The lowest BCUT2D eigenvalue weighted by atomic mass is 10.1. The zero-order valence-electron chi connectivity index (χ0n) is 15.4. The summed E-state index contributed by atoms with van der Waals surface area (Å²) in [7, 11) is 0. The van der Waals surface area contributed by atoms with Gasteiger partial charge < -0.3 is 15.3 Å². The van der Waals surface area contributed by atoms with Crippen molar-refractivity contribution in [3.63, 3.8) is 0 Å². The van der Waals surface area contributed by atoms with Crippen molar-refractivity contribution in [2.45, 2.75) is 44.2 Å². The van der Waals surface area contributed by atoms with Gasteiger partial charge in [-0.2, -0.15) is 9.61 Å². The quantitative estimate of drug-likeness (QED) is 0.527. The highest BCUT2D eigenvalue weighted by atomic mass is 16.3. The molecule has 1 atom stereocenters. The van der Waals surface area contributed by atoms with Crippen molar-refractivity contribution >= 4 is 35.2 Å². The molecule has 2 aromatic heterocycles. The topological polar surface area (TPSA) is 112 Å². The van der Waals surface area contributed by atoms with Crippen molar-refractivity contribution in [1.29, 1.82) is 0 Å². The molecule has 3 fully saturated rings. The number of hydrogen-bond donors (Lipinski definition) is 3. The van der Waals surface area contributed by atoms with Gasteiger partial charge in [-0.25, -0.2) is 4.98 Å². The van der Waals surface area contributed by atoms with Crippen LogP contribution in [0.25, 0.3) is 11.7 Å². The van der Waals surface area contributed by atoms with Gasteiger partial charge in [0.05, 0.1) is 18.7 Å². The monoisotopic (exact) mass is 382 g/mol. The first-order valence-electron chi connectivity index (χ1n) is 9.70. The molecule has 2 aliphatic heterocycles. The number of amides is 2. The highest BCUT2D eigenvalue weighted by Crippen LogP contribution is 2.29. The Morgan fingerprint density at radius 1 is 1.29 bits per heavy atom. The van der Waals surface area contributed by atoms with E-state index in [0.29, 0.717) is 29.4 Å². The Morgan fingerprint density at radius 2 is 2.14 bits per heavy atom. The van der Waals surface area contributed by atoms with E-state index in [9.17, 15) is 14.7 Å². The van der Waals surface area contributed by atoms with Crippen LogP contribution in [-0.4, -0.2) is 56.8 Å². The van der Waals surface area contributed by atoms with Gasteiger partial charge in [0.25, 0.3) is 5.91 Å². The number of nitrogens with zero attached hydrogens (tertiary/aromatic N) is 4. The lowest BCUT2D eigenvalue weighted by molar-refractivity contribution is -0.124. The number of carbonyl (C=O) groups is 2. The molecule has 5 rings (SSSR count). The summed E-state index contributed by atoms with van der Waals surface area (Å²) in [5, 5.41) is 20.3. The Kier molecular flexibility index (Phi) is 4.04. The van der Waals surface area contributed by atoms with E-state index in [1.807, 2.05) is 6.07 Å². The van der Waals surface area contributed by atoms with Crippen LogP contribution in [-0.2, 0) is 9.59 Å². The van der Waals surface area contributed by atoms with Gasteiger partial charge in [0.1, 0.15) is 11.6 Å². The van der Waals surface area contributed by atoms with Gasteiger partial charge in [0.15, 0.2) is 5.65 Å². The van der Waals surface area contributed by atoms with Crippen LogP contribution in [0, 0.1) is 0 Å². The highest BCUT2D eigenvalue weighted by molar-refractivity contribution is 6.15. The first-order valence-corrected chi connectivity index (χ1v) is 9.70. The van der Waals surface area contributed by atoms with E-state index < -0.39 is 0 Å². The van der Waals surface area contributed by atoms with E-state index in [2.05, 4.69) is 20.6 Å². The Balaban J connectivity index is 1.58. The summed E-state index contributed by atoms with van der Waals surface area (Å²) in [6, 6.07) is 2.41. The molecule has 0 aromatic carbocycles. The number of hydrogen-bond acceptors (Lipinski definition) is 7. The minimum Gasteiger partial charge on any atom is -0.391 e. The van der Waals surface area contributed by atoms with Crippen LogP contribution in [0.5, 0.6) is 0 Å². The van der Waals surface area contributed by atoms with E-state index in [4.69, 9.17) is 4.98 Å². The Morgan fingerprint density at radius 3 is 2.86 bits per heavy atom. The number of aliphatic hydroxyl groups is 1. The van der Waals surface area contributed by atoms with Crippen molar-refractivity contribution in [3.05, 3.63) is 23.4 Å². The van der Waals surface area contributed by atoms with Gasteiger partial charge in [-0.05, 0) is 31.8 Å². The van der Waals surface area contributed by atoms with Gasteiger partial charge in [-0.15, -0.1) is 0 Å². The molecule has 9 heteroatoms. The second-order valence-corrected chi connectivity index (χ2v) is 7.72. The lowest BCUT2D eigenvalue weighted by Gasteiger charge is -2.31. The summed E-state index contributed by atoms with van der Waals surface area (Å²) < 4.78 is 1.74. The Labute approximate surface area is 161 Å². The van der Waals surface area contributed by atoms with Crippen molar-refractivity contribution < 1.29 is 14.7 Å². The average molecular weight is 382 g/mol. The number of aliphatic hydroxyl groups excluding tert-OH is 1. The first kappa shape index (κ1) is 17.2. The van der Waals surface area contributed by atoms with Crippen LogP contribution < -0.4 is 15.5 Å². The van der Waals surface area contributed by atoms with E-state index >= 15 is 0 Å². The minimum absolute atomic E-state index is 0.0708. The highest BCUT2D eigenvalue weighted by Gasteiger charge is 2.27. The maximum absolute atomic E-state index is 11.9. The molecule has 9 nitrogen and oxygen atoms in total. The standard InChI is InChI=1S/C19H22N6O3/c26-14-2-1-5-24(10-14)15-8-16(21-13-3-4-13)25-18(22-15)12(9-20-25)6-11-7-17(27)23-19(11)28/h6,8-9,13-14,21,26H,1-5,7,10H2,(H,23,27,28)/b11-6+. The third kappa shape index (κ3) is 3.22. The first-order chi connectivity index (χ1) is 13.6. The molecule has 0 spiro atoms. The summed E-state index contributed by atoms with van der Waals surface area (Å²) >= 11 is 0. The molecule has 0 radical (unpaired) electrons. The fourth-order valence-corrected chi connectivity index (χ4v) is 3.74. The zero-order chi connectivity index (χ0) is 19.3. The number of fused-ring (bicyclic) bond motifs is 1. The normalized spacial score (nSPS) is 24.2. The SMILES string of the molecule is O=C1C/C(=C\c2cnn3c(NC4CC4)cc(N4CCCC(O)C4)nc23)C(=O)N1. The number of imide groups is 1. The fourth-order valence-electron chi connectivity index (χ4n) is 3.74. The van der Waals surface area contributed by atoms with Crippen LogP contribution in [0.1, 0.15) is 37.7 Å². The summed E-state index contributed by atoms with van der Waals surface area (Å²) in [5.74, 6) is 0.969. The molecule has 0 bridgehead atoms. The molecule has 1 saturated carbocycles. The van der Waals surface area contributed by atoms with Gasteiger partial charge in [0, 0.05) is 36.3 Å². The lowest BCUT2D eigenvalue weighted by Crippen LogP contribution is -2.38. The van der Waals surface area contributed by atoms with Crippen LogP contribution >= 0.6 is 0 Å². The Hall–Kier alpha value is -2.94. The molecule has 28 heavy (non-hydrogen) atoms. The number of carbonyl (C=O) groups excluding carboxylic acids is 2. The predicted molar refractivity (Wildman–Crippen MR) is 103 cm³/mol. The largest absolute Gasteiger partial charge is 0.391 e. The molecule has 2 saturated heterocycles. The molecule has 146 valence electrons. The molecule has 2 amide bonds. The van der Waals surface area contributed by atoms with Crippen molar-refractivity contribution in [3.8, 4) is 0 Å². The maximum atomic E-state index is 11.9. The summed E-state index contributed by atoms with van der Waals surface area (Å²) in [6.45, 7) is 1.39. The van der Waals surface area contributed by atoms with Gasteiger partial charge in [0.2, 0.25) is 5.91 Å². The second kappa shape index (κ2) is 6.59. The number of anilines is 2. The zero-order valence-corrected chi connectivity index (χ0v) is 15.4. The van der Waals surface area contributed by atoms with Crippen molar-refractivity contribution in [2.75, 3.05) is 23.3 Å². The smallest absolute Gasteiger partial charge is 0.254 e. The van der Waals surface area contributed by atoms with Crippen molar-refractivity contribution in [1.82, 2.24) is 19.9 Å². The van der Waals surface area contributed by atoms with Gasteiger partial charge >= 0.3 is 0 Å². The maximum Gasteiger partial charge on any atom is 0.254 e. The molecule has 3 N–H and O–H groups in total. The molecular weight excluding hydrogens is 360 g/mol. The fraction of sp³-hybridized carbons (Fsp3) is 0.474. The van der Waals surface area contributed by atoms with Crippen molar-refractivity contribution in [2.24, 2.45) is 0 Å². The summed E-state index contributed by atoms with van der Waals surface area (Å²) in [6.07, 6.45) is 7.04. The number of β-amino-alcohol motifs (C(OH)–C–C–N with tert-alkyl or cyclic N) is 1. The third-order valence-electron chi connectivity index (χ3n) is 5.36. The molecule has 3 aliphatic rings. The Bertz CT molecular complexity index is 993. The second-order valence-electron chi connectivity index (χ2n) is 7.72. The number of nitrogens with one attached hydrogen (secondary N) is 2. The van der Waals surface area contributed by atoms with E-state index in [1.54, 1.807) is 16.8 Å². The molecular formula is C19H22N6O3. The van der Waals surface area contributed by atoms with Gasteiger partial charge in [-0.3, -0.25) is 14.9 Å². The molecule has 4 heterocycles. The minimum atomic E-state index is -0.365. The molecule has 1 unspecified atom stereocenters. The van der Waals surface area contributed by atoms with E-state index in [1.165, 1.54) is 0 Å². The average Bonchev–Trinajstić information content (AvgIpc) is 3.30. The van der Waals surface area contributed by atoms with Crippen LogP contribution in [0.2, 0.25) is 0 Å². The predicted octanol–water partition coefficient (Wildman–Crippen LogP) is 0.695. The molecule has 2 aromatic rings. The molecule has 1 aliphatic carbocycles. The van der Waals surface area contributed by atoms with E-state index in [0.717, 1.165) is 43.9 Å². The van der Waals surface area contributed by atoms with Gasteiger partial charge in [-0.1, -0.05) is 0 Å².